The first-order valence-electron chi connectivity index (χ1n) is 13.1. The Balaban J connectivity index is 1.45. The lowest BCUT2D eigenvalue weighted by atomic mass is 9.92. The molecule has 4 rings (SSSR count). The lowest BCUT2D eigenvalue weighted by Crippen LogP contribution is -2.43. The van der Waals surface area contributed by atoms with Gasteiger partial charge in [-0.25, -0.2) is 14.3 Å². The maximum absolute atomic E-state index is 12.9. The molecule has 218 valence electrons. The molecule has 0 bridgehead atoms. The quantitative estimate of drug-likeness (QED) is 0.189. The fraction of sp³-hybridized carbons (Fsp3) is 0.233. The van der Waals surface area contributed by atoms with Crippen LogP contribution in [0.5, 0.6) is 11.5 Å². The average Bonchev–Trinajstić information content (AvgIpc) is 3.38. The minimum atomic E-state index is -1.37. The van der Waals surface area contributed by atoms with Crippen molar-refractivity contribution in [3.8, 4) is 17.2 Å². The van der Waals surface area contributed by atoms with Gasteiger partial charge in [-0.05, 0) is 54.1 Å². The molecule has 0 radical (unpaired) electrons. The number of urea groups is 1. The number of anilines is 2. The van der Waals surface area contributed by atoms with E-state index in [9.17, 15) is 14.4 Å². The van der Waals surface area contributed by atoms with Crippen LogP contribution in [0.15, 0.2) is 79.1 Å². The third kappa shape index (κ3) is 7.92. The Bertz CT molecular complexity index is 1530. The van der Waals surface area contributed by atoms with Crippen LogP contribution in [0.2, 0.25) is 0 Å². The molecule has 0 saturated heterocycles. The molecule has 5 N–H and O–H groups in total. The first-order valence-corrected chi connectivity index (χ1v) is 13.1. The van der Waals surface area contributed by atoms with Crippen molar-refractivity contribution in [2.24, 2.45) is 0 Å². The summed E-state index contributed by atoms with van der Waals surface area (Å²) in [4.78, 5) is 40.2. The van der Waals surface area contributed by atoms with E-state index >= 15 is 0 Å². The van der Waals surface area contributed by atoms with E-state index in [0.29, 0.717) is 34.3 Å². The summed E-state index contributed by atoms with van der Waals surface area (Å²) in [6, 6.07) is 17.3. The number of nitrogens with zero attached hydrogens (tertiary/aromatic N) is 3. The number of benzene rings is 2. The molecule has 3 amide bonds. The maximum atomic E-state index is 12.9. The Hall–Kier alpha value is -5.23. The molecule has 2 heterocycles. The molecule has 12 heteroatoms. The van der Waals surface area contributed by atoms with Gasteiger partial charge in [0.1, 0.15) is 23.4 Å². The van der Waals surface area contributed by atoms with Crippen molar-refractivity contribution >= 4 is 29.4 Å². The summed E-state index contributed by atoms with van der Waals surface area (Å²) in [6.45, 7) is 5.33. The Morgan fingerprint density at radius 3 is 2.17 bits per heavy atom. The van der Waals surface area contributed by atoms with Crippen molar-refractivity contribution in [2.75, 3.05) is 17.2 Å². The highest BCUT2D eigenvalue weighted by Crippen LogP contribution is 2.27. The van der Waals surface area contributed by atoms with Crippen molar-refractivity contribution in [2.45, 2.75) is 38.6 Å². The van der Waals surface area contributed by atoms with E-state index in [1.54, 1.807) is 83.8 Å². The topological polar surface area (TPSA) is 168 Å². The number of ether oxygens (including phenoxy) is 1. The number of rotatable bonds is 10. The number of carbonyl (C=O) groups is 3. The highest BCUT2D eigenvalue weighted by molar-refractivity contribution is 5.99. The summed E-state index contributed by atoms with van der Waals surface area (Å²) >= 11 is 0. The largest absolute Gasteiger partial charge is 0.480 e. The number of carboxylic acid groups (broad SMARTS) is 1. The third-order valence-electron chi connectivity index (χ3n) is 6.08. The Kier molecular flexibility index (Phi) is 9.18. The second-order valence-corrected chi connectivity index (χ2v) is 10.4. The molecule has 0 aliphatic carbocycles. The van der Waals surface area contributed by atoms with Crippen molar-refractivity contribution in [3.63, 3.8) is 0 Å². The third-order valence-corrected chi connectivity index (χ3v) is 6.08. The van der Waals surface area contributed by atoms with Crippen molar-refractivity contribution < 1.29 is 29.3 Å². The molecular weight excluding hydrogens is 540 g/mol. The number of aliphatic carboxylic acids is 1. The predicted octanol–water partition coefficient (Wildman–Crippen LogP) is 4.11. The molecule has 12 nitrogen and oxygen atoms in total. The molecule has 0 fully saturated rings. The molecule has 4 aromatic rings. The van der Waals surface area contributed by atoms with Gasteiger partial charge in [0, 0.05) is 29.6 Å². The maximum Gasteiger partial charge on any atom is 0.328 e. The van der Waals surface area contributed by atoms with E-state index in [0.717, 1.165) is 5.69 Å². The van der Waals surface area contributed by atoms with Crippen molar-refractivity contribution in [1.82, 2.24) is 20.1 Å². The standard InChI is InChI=1S/C30H32N6O6/c1-30(2,3)25-17-26(34-29(41)32-20-6-10-22(11-7-20)42-23-12-14-31-15-13-23)36(35-25)21-8-4-19(5-9-21)16-27(38)33-24(18-37)28(39)40/h4-15,17,24,37H,16,18H2,1-3H3,(H,33,38)(H,39,40)(H2,32,34,41). The first-order chi connectivity index (χ1) is 20.0. The number of amides is 3. The summed E-state index contributed by atoms with van der Waals surface area (Å²) in [7, 11) is 0. The normalized spacial score (nSPS) is 11.8. The van der Waals surface area contributed by atoms with Crippen LogP contribution in [0.1, 0.15) is 32.0 Å². The number of hydrogen-bond acceptors (Lipinski definition) is 7. The zero-order valence-corrected chi connectivity index (χ0v) is 23.4. The van der Waals surface area contributed by atoms with Gasteiger partial charge in [-0.2, -0.15) is 5.10 Å². The van der Waals surface area contributed by atoms with E-state index in [4.69, 9.17) is 20.0 Å². The summed E-state index contributed by atoms with van der Waals surface area (Å²) < 4.78 is 7.36. The molecule has 0 saturated carbocycles. The van der Waals surface area contributed by atoms with Crippen LogP contribution in [-0.4, -0.2) is 55.5 Å². The number of nitrogens with one attached hydrogen (secondary N) is 3. The van der Waals surface area contributed by atoms with Gasteiger partial charge < -0.3 is 25.6 Å². The SMILES string of the molecule is CC(C)(C)c1cc(NC(=O)Nc2ccc(Oc3ccncc3)cc2)n(-c2ccc(CC(=O)NC(CO)C(=O)O)cc2)n1. The lowest BCUT2D eigenvalue weighted by molar-refractivity contribution is -0.142. The van der Waals surface area contributed by atoms with Gasteiger partial charge in [0.05, 0.1) is 24.4 Å². The van der Waals surface area contributed by atoms with Crippen molar-refractivity contribution in [3.05, 3.63) is 90.4 Å². The van der Waals surface area contributed by atoms with Crippen LogP contribution in [0.25, 0.3) is 5.69 Å². The number of aliphatic hydroxyl groups excluding tert-OH is 1. The Morgan fingerprint density at radius 2 is 1.57 bits per heavy atom. The van der Waals surface area contributed by atoms with Gasteiger partial charge in [0.2, 0.25) is 5.91 Å². The Labute approximate surface area is 242 Å². The van der Waals surface area contributed by atoms with Gasteiger partial charge in [-0.1, -0.05) is 32.9 Å². The van der Waals surface area contributed by atoms with E-state index in [2.05, 4.69) is 20.9 Å². The number of hydrogen-bond donors (Lipinski definition) is 5. The number of pyridine rings is 1. The first kappa shape index (κ1) is 29.7. The number of aliphatic hydroxyl groups is 1. The van der Waals surface area contributed by atoms with Gasteiger partial charge >= 0.3 is 12.0 Å². The predicted molar refractivity (Wildman–Crippen MR) is 156 cm³/mol. The van der Waals surface area contributed by atoms with Gasteiger partial charge in [0.15, 0.2) is 0 Å². The average molecular weight is 573 g/mol. The summed E-state index contributed by atoms with van der Waals surface area (Å²) in [6.07, 6.45) is 3.20. The van der Waals surface area contributed by atoms with Crippen molar-refractivity contribution in [1.29, 1.82) is 0 Å². The van der Waals surface area contributed by atoms with E-state index in [1.165, 1.54) is 0 Å². The second-order valence-electron chi connectivity index (χ2n) is 10.4. The van der Waals surface area contributed by atoms with Gasteiger partial charge in [-0.15, -0.1) is 0 Å². The van der Waals surface area contributed by atoms with Crippen LogP contribution in [-0.2, 0) is 21.4 Å². The zero-order chi connectivity index (χ0) is 30.3. The van der Waals surface area contributed by atoms with Crippen LogP contribution >= 0.6 is 0 Å². The molecule has 2 aromatic carbocycles. The summed E-state index contributed by atoms with van der Waals surface area (Å²) in [5.41, 5.74) is 2.29. The molecule has 42 heavy (non-hydrogen) atoms. The molecule has 2 aromatic heterocycles. The van der Waals surface area contributed by atoms with Crippen LogP contribution in [0, 0.1) is 0 Å². The molecule has 0 aliphatic rings. The Morgan fingerprint density at radius 1 is 0.929 bits per heavy atom. The van der Waals surface area contributed by atoms with E-state index in [1.807, 2.05) is 20.8 Å². The fourth-order valence-electron chi connectivity index (χ4n) is 3.83. The number of aromatic nitrogens is 3. The minimum Gasteiger partial charge on any atom is -0.480 e. The number of carboxylic acids is 1. The van der Waals surface area contributed by atoms with Crippen LogP contribution < -0.4 is 20.7 Å². The molecule has 1 unspecified atom stereocenters. The number of carbonyl (C=O) groups excluding carboxylic acids is 2. The fourth-order valence-corrected chi connectivity index (χ4v) is 3.83. The molecule has 0 aliphatic heterocycles. The highest BCUT2D eigenvalue weighted by Gasteiger charge is 2.22. The molecule has 0 spiro atoms. The van der Waals surface area contributed by atoms with Gasteiger partial charge in [0.25, 0.3) is 0 Å². The minimum absolute atomic E-state index is 0.0731. The molecule has 1 atom stereocenters. The van der Waals surface area contributed by atoms with Crippen LogP contribution in [0.3, 0.4) is 0 Å². The highest BCUT2D eigenvalue weighted by atomic mass is 16.5. The smallest absolute Gasteiger partial charge is 0.328 e. The molecular formula is C30H32N6O6. The van der Waals surface area contributed by atoms with Gasteiger partial charge in [-0.3, -0.25) is 15.1 Å². The monoisotopic (exact) mass is 572 g/mol. The van der Waals surface area contributed by atoms with E-state index < -0.39 is 30.6 Å². The summed E-state index contributed by atoms with van der Waals surface area (Å²) in [5.74, 6) is -0.153. The lowest BCUT2D eigenvalue weighted by Gasteiger charge is -2.14. The van der Waals surface area contributed by atoms with Crippen LogP contribution in [0.4, 0.5) is 16.3 Å². The summed E-state index contributed by atoms with van der Waals surface area (Å²) in [5, 5.41) is 30.8. The zero-order valence-electron chi connectivity index (χ0n) is 23.4. The second kappa shape index (κ2) is 13.0. The van der Waals surface area contributed by atoms with E-state index in [-0.39, 0.29) is 11.8 Å².